The van der Waals surface area contributed by atoms with Crippen molar-refractivity contribution in [1.29, 1.82) is 0 Å². The Balaban J connectivity index is 1.42. The normalized spacial score (nSPS) is 15.4. The highest BCUT2D eigenvalue weighted by Gasteiger charge is 2.29. The van der Waals surface area contributed by atoms with Crippen molar-refractivity contribution in [1.82, 2.24) is 19.0 Å². The van der Waals surface area contributed by atoms with Gasteiger partial charge in [-0.05, 0) is 42.8 Å². The van der Waals surface area contributed by atoms with E-state index in [0.717, 1.165) is 5.56 Å². The Hall–Kier alpha value is -3.30. The molecule has 1 fully saturated rings. The molecular formula is C23H23FN4O3S. The van der Waals surface area contributed by atoms with Crippen LogP contribution in [0.2, 0.25) is 0 Å². The summed E-state index contributed by atoms with van der Waals surface area (Å²) in [6, 6.07) is 15.1. The summed E-state index contributed by atoms with van der Waals surface area (Å²) in [5, 5.41) is 5.48. The topological polar surface area (TPSA) is 75.5 Å². The van der Waals surface area contributed by atoms with Gasteiger partial charge in [-0.3, -0.25) is 4.79 Å². The molecule has 1 aromatic heterocycles. The molecule has 0 unspecified atom stereocenters. The molecule has 7 nitrogen and oxygen atoms in total. The molecule has 1 aliphatic heterocycles. The van der Waals surface area contributed by atoms with E-state index >= 15 is 0 Å². The summed E-state index contributed by atoms with van der Waals surface area (Å²) in [7, 11) is -3.57. The number of hydrogen-bond donors (Lipinski definition) is 0. The minimum Gasteiger partial charge on any atom is -0.336 e. The van der Waals surface area contributed by atoms with Gasteiger partial charge in [0.1, 0.15) is 5.82 Å². The van der Waals surface area contributed by atoms with Crippen molar-refractivity contribution in [2.24, 2.45) is 0 Å². The molecule has 1 amide bonds. The van der Waals surface area contributed by atoms with Crippen LogP contribution in [0.4, 0.5) is 4.39 Å². The van der Waals surface area contributed by atoms with Crippen LogP contribution in [0.5, 0.6) is 0 Å². The molecule has 1 saturated heterocycles. The highest BCUT2D eigenvalue weighted by Crippen LogP contribution is 2.18. The summed E-state index contributed by atoms with van der Waals surface area (Å²) in [4.78, 5) is 14.6. The predicted octanol–water partition coefficient (Wildman–Crippen LogP) is 3.08. The van der Waals surface area contributed by atoms with Crippen LogP contribution in [0, 0.1) is 12.7 Å². The molecule has 0 saturated carbocycles. The average Bonchev–Trinajstić information content (AvgIpc) is 3.20. The lowest BCUT2D eigenvalue weighted by molar-refractivity contribution is 0.0698. The second-order valence-electron chi connectivity index (χ2n) is 7.48. The van der Waals surface area contributed by atoms with Crippen molar-refractivity contribution in [2.75, 3.05) is 26.2 Å². The van der Waals surface area contributed by atoms with E-state index in [9.17, 15) is 17.6 Å². The van der Waals surface area contributed by atoms with Gasteiger partial charge in [-0.1, -0.05) is 30.3 Å². The Labute approximate surface area is 186 Å². The number of amides is 1. The van der Waals surface area contributed by atoms with Gasteiger partial charge in [0, 0.05) is 31.6 Å². The van der Waals surface area contributed by atoms with Gasteiger partial charge in [-0.25, -0.2) is 17.5 Å². The highest BCUT2D eigenvalue weighted by atomic mass is 32.2. The first kappa shape index (κ1) is 21.9. The monoisotopic (exact) mass is 454 g/mol. The maximum atomic E-state index is 13.2. The lowest BCUT2D eigenvalue weighted by atomic mass is 10.2. The highest BCUT2D eigenvalue weighted by molar-refractivity contribution is 7.92. The quantitative estimate of drug-likeness (QED) is 0.594. The Morgan fingerprint density at radius 3 is 2.31 bits per heavy atom. The Morgan fingerprint density at radius 2 is 1.66 bits per heavy atom. The molecule has 0 spiro atoms. The minimum atomic E-state index is -3.57. The molecule has 4 rings (SSSR count). The molecule has 3 aromatic rings. The number of halogens is 1. The van der Waals surface area contributed by atoms with E-state index in [2.05, 4.69) is 5.10 Å². The van der Waals surface area contributed by atoms with Crippen LogP contribution in [-0.4, -0.2) is 59.5 Å². The summed E-state index contributed by atoms with van der Waals surface area (Å²) in [5.41, 5.74) is 2.54. The van der Waals surface area contributed by atoms with Gasteiger partial charge in [0.2, 0.25) is 10.0 Å². The molecule has 0 bridgehead atoms. The van der Waals surface area contributed by atoms with Crippen LogP contribution >= 0.6 is 0 Å². The zero-order chi connectivity index (χ0) is 22.7. The van der Waals surface area contributed by atoms with Crippen LogP contribution in [0.15, 0.2) is 66.2 Å². The smallest absolute Gasteiger partial charge is 0.257 e. The molecule has 2 heterocycles. The van der Waals surface area contributed by atoms with E-state index in [0.29, 0.717) is 30.0 Å². The number of nitrogens with zero attached hydrogens (tertiary/aromatic N) is 4. The van der Waals surface area contributed by atoms with Crippen molar-refractivity contribution < 1.29 is 17.6 Å². The molecule has 166 valence electrons. The Bertz CT molecular complexity index is 1230. The van der Waals surface area contributed by atoms with E-state index in [1.807, 2.05) is 30.3 Å². The zero-order valence-electron chi connectivity index (χ0n) is 17.6. The van der Waals surface area contributed by atoms with Gasteiger partial charge < -0.3 is 4.90 Å². The number of carbonyl (C=O) groups excluding carboxylic acids is 1. The maximum absolute atomic E-state index is 13.2. The molecule has 0 N–H and O–H groups in total. The Morgan fingerprint density at radius 1 is 1.00 bits per heavy atom. The summed E-state index contributed by atoms with van der Waals surface area (Å²) >= 11 is 0. The van der Waals surface area contributed by atoms with Crippen molar-refractivity contribution in [3.05, 3.63) is 88.8 Å². The third kappa shape index (κ3) is 4.63. The molecule has 32 heavy (non-hydrogen) atoms. The van der Waals surface area contributed by atoms with E-state index < -0.39 is 10.0 Å². The first-order chi connectivity index (χ1) is 15.3. The van der Waals surface area contributed by atoms with Gasteiger partial charge in [-0.2, -0.15) is 9.40 Å². The largest absolute Gasteiger partial charge is 0.336 e. The second-order valence-corrected chi connectivity index (χ2v) is 9.30. The number of hydrogen-bond acceptors (Lipinski definition) is 4. The average molecular weight is 455 g/mol. The molecule has 2 aromatic carbocycles. The Kier molecular flexibility index (Phi) is 6.20. The van der Waals surface area contributed by atoms with Crippen molar-refractivity contribution in [3.63, 3.8) is 0 Å². The molecule has 0 aliphatic carbocycles. The third-order valence-electron chi connectivity index (χ3n) is 5.43. The number of sulfonamides is 1. The summed E-state index contributed by atoms with van der Waals surface area (Å²) in [6.45, 7) is 2.80. The fourth-order valence-corrected chi connectivity index (χ4v) is 4.77. The number of piperazine rings is 1. The van der Waals surface area contributed by atoms with Crippen LogP contribution in [0.3, 0.4) is 0 Å². The van der Waals surface area contributed by atoms with Crippen molar-refractivity contribution in [3.8, 4) is 5.69 Å². The van der Waals surface area contributed by atoms with Crippen LogP contribution in [0.1, 0.15) is 21.6 Å². The molecular weight excluding hydrogens is 431 g/mol. The van der Waals surface area contributed by atoms with E-state index in [-0.39, 0.29) is 24.8 Å². The molecule has 0 atom stereocenters. The predicted molar refractivity (Wildman–Crippen MR) is 120 cm³/mol. The summed E-state index contributed by atoms with van der Waals surface area (Å²) < 4.78 is 41.4. The minimum absolute atomic E-state index is 0.201. The maximum Gasteiger partial charge on any atom is 0.257 e. The molecule has 9 heteroatoms. The van der Waals surface area contributed by atoms with E-state index in [1.54, 1.807) is 34.7 Å². The third-order valence-corrected chi connectivity index (χ3v) is 6.99. The van der Waals surface area contributed by atoms with Crippen LogP contribution in [-0.2, 0) is 10.0 Å². The van der Waals surface area contributed by atoms with E-state index in [4.69, 9.17) is 0 Å². The summed E-state index contributed by atoms with van der Waals surface area (Å²) in [5.74, 6) is -0.547. The van der Waals surface area contributed by atoms with Crippen LogP contribution in [0.25, 0.3) is 11.8 Å². The number of benzene rings is 2. The van der Waals surface area contributed by atoms with E-state index in [1.165, 1.54) is 28.0 Å². The summed E-state index contributed by atoms with van der Waals surface area (Å²) in [6.07, 6.45) is 3.06. The van der Waals surface area contributed by atoms with Gasteiger partial charge in [-0.15, -0.1) is 0 Å². The van der Waals surface area contributed by atoms with Gasteiger partial charge in [0.15, 0.2) is 0 Å². The number of carbonyl (C=O) groups is 1. The fraction of sp³-hybridized carbons (Fsp3) is 0.217. The van der Waals surface area contributed by atoms with Gasteiger partial charge in [0.25, 0.3) is 5.91 Å². The number of aromatic nitrogens is 2. The first-order valence-electron chi connectivity index (χ1n) is 10.2. The standard InChI is InChI=1S/C23H23FN4O3S/c1-18-22(17-25-28(18)21-9-7-20(24)8-10-21)23(29)26-12-14-27(15-13-26)32(30,31)16-11-19-5-3-2-4-6-19/h2-11,16-17H,12-15H2,1H3/b16-11+. The number of rotatable bonds is 5. The lowest BCUT2D eigenvalue weighted by Crippen LogP contribution is -2.50. The van der Waals surface area contributed by atoms with Crippen molar-refractivity contribution >= 4 is 22.0 Å². The van der Waals surface area contributed by atoms with Gasteiger partial charge >= 0.3 is 0 Å². The fourth-order valence-electron chi connectivity index (χ4n) is 3.59. The second kappa shape index (κ2) is 9.05. The van der Waals surface area contributed by atoms with Gasteiger partial charge in [0.05, 0.1) is 23.1 Å². The SMILES string of the molecule is Cc1c(C(=O)N2CCN(S(=O)(=O)/C=C/c3ccccc3)CC2)cnn1-c1ccc(F)cc1. The molecule has 0 radical (unpaired) electrons. The lowest BCUT2D eigenvalue weighted by Gasteiger charge is -2.33. The molecule has 1 aliphatic rings. The first-order valence-corrected chi connectivity index (χ1v) is 11.7. The van der Waals surface area contributed by atoms with Crippen LogP contribution < -0.4 is 0 Å². The zero-order valence-corrected chi connectivity index (χ0v) is 18.4. The van der Waals surface area contributed by atoms with Crippen molar-refractivity contribution in [2.45, 2.75) is 6.92 Å².